The molecule has 0 aliphatic rings. The Morgan fingerprint density at radius 2 is 1.58 bits per heavy atom. The van der Waals surface area contributed by atoms with Gasteiger partial charge in [0.25, 0.3) is 8.32 Å². The van der Waals surface area contributed by atoms with Gasteiger partial charge >= 0.3 is 0 Å². The molecule has 0 bridgehead atoms. The fourth-order valence-electron chi connectivity index (χ4n) is 2.20. The highest BCUT2D eigenvalue weighted by molar-refractivity contribution is 6.84. The number of terminal acetylenes is 1. The standard InChI is InChI=1S/C16H29NOSi/c1-8-17(9-2)13-11-12-14-18-19(10-3,15(4)5)16(6)7/h3,15-16H,8-9,13-14H2,1-2,4-7H3. The third-order valence-corrected chi connectivity index (χ3v) is 8.15. The molecule has 108 valence electrons. The SMILES string of the molecule is C#C[Si](OCC#CCN(CC)CC)(C(C)C)C(C)C. The molecule has 0 amide bonds. The minimum absolute atomic E-state index is 0.419. The third-order valence-electron chi connectivity index (χ3n) is 3.65. The Labute approximate surface area is 121 Å². The lowest BCUT2D eigenvalue weighted by Crippen LogP contribution is -2.43. The normalized spacial score (nSPS) is 11.6. The lowest BCUT2D eigenvalue weighted by Gasteiger charge is -2.32. The van der Waals surface area contributed by atoms with Gasteiger partial charge in [0.2, 0.25) is 0 Å². The quantitative estimate of drug-likeness (QED) is 0.524. The molecular weight excluding hydrogens is 250 g/mol. The molecule has 0 aromatic heterocycles. The van der Waals surface area contributed by atoms with Gasteiger partial charge in [-0.2, -0.15) is 0 Å². The van der Waals surface area contributed by atoms with Gasteiger partial charge in [-0.3, -0.25) is 4.90 Å². The highest BCUT2D eigenvalue weighted by atomic mass is 28.4. The Hall–Kier alpha value is -0.743. The van der Waals surface area contributed by atoms with Crippen LogP contribution in [0.3, 0.4) is 0 Å². The summed E-state index contributed by atoms with van der Waals surface area (Å²) >= 11 is 0. The molecule has 0 fully saturated rings. The highest BCUT2D eigenvalue weighted by Crippen LogP contribution is 2.32. The molecule has 0 rings (SSSR count). The molecule has 0 aromatic carbocycles. The van der Waals surface area contributed by atoms with Crippen LogP contribution in [0.4, 0.5) is 0 Å². The fourth-order valence-corrected chi connectivity index (χ4v) is 5.26. The van der Waals surface area contributed by atoms with Crippen LogP contribution in [-0.2, 0) is 4.43 Å². The van der Waals surface area contributed by atoms with Crippen LogP contribution in [0.2, 0.25) is 11.1 Å². The Kier molecular flexibility index (Phi) is 8.85. The van der Waals surface area contributed by atoms with E-state index >= 15 is 0 Å². The zero-order valence-electron chi connectivity index (χ0n) is 13.4. The Morgan fingerprint density at radius 3 is 1.95 bits per heavy atom. The minimum atomic E-state index is -2.11. The van der Waals surface area contributed by atoms with Crippen molar-refractivity contribution in [3.8, 4) is 23.8 Å². The van der Waals surface area contributed by atoms with Gasteiger partial charge in [-0.05, 0) is 24.2 Å². The summed E-state index contributed by atoms with van der Waals surface area (Å²) in [7, 11) is -2.11. The summed E-state index contributed by atoms with van der Waals surface area (Å²) in [5.41, 5.74) is 3.81. The first kappa shape index (κ1) is 18.3. The minimum Gasteiger partial charge on any atom is -0.394 e. The van der Waals surface area contributed by atoms with Gasteiger partial charge in [0.15, 0.2) is 0 Å². The predicted octanol–water partition coefficient (Wildman–Crippen LogP) is 3.29. The van der Waals surface area contributed by atoms with Crippen molar-refractivity contribution < 1.29 is 4.43 Å². The van der Waals surface area contributed by atoms with Gasteiger partial charge in [-0.1, -0.05) is 53.4 Å². The van der Waals surface area contributed by atoms with Crippen molar-refractivity contribution in [3.05, 3.63) is 0 Å². The molecule has 3 heteroatoms. The number of hydrogen-bond donors (Lipinski definition) is 0. The summed E-state index contributed by atoms with van der Waals surface area (Å²) in [4.78, 5) is 2.28. The van der Waals surface area contributed by atoms with Gasteiger partial charge in [0.05, 0.1) is 13.2 Å². The molecule has 2 nitrogen and oxygen atoms in total. The summed E-state index contributed by atoms with van der Waals surface area (Å²) in [6.45, 7) is 16.3. The van der Waals surface area contributed by atoms with Gasteiger partial charge < -0.3 is 4.43 Å². The molecule has 0 aromatic rings. The molecule has 0 aliphatic carbocycles. The van der Waals surface area contributed by atoms with Crippen molar-refractivity contribution in [2.24, 2.45) is 0 Å². The Bertz CT molecular complexity index is 334. The van der Waals surface area contributed by atoms with Gasteiger partial charge in [-0.25, -0.2) is 0 Å². The van der Waals surface area contributed by atoms with Crippen LogP contribution in [0.15, 0.2) is 0 Å². The lowest BCUT2D eigenvalue weighted by molar-refractivity contribution is 0.337. The van der Waals surface area contributed by atoms with E-state index in [4.69, 9.17) is 10.8 Å². The van der Waals surface area contributed by atoms with Crippen LogP contribution >= 0.6 is 0 Å². The summed E-state index contributed by atoms with van der Waals surface area (Å²) in [5, 5.41) is 0. The van der Waals surface area contributed by atoms with E-state index in [1.165, 1.54) is 0 Å². The molecule has 0 aliphatic heterocycles. The van der Waals surface area contributed by atoms with Crippen LogP contribution in [0.1, 0.15) is 41.5 Å². The first-order valence-corrected chi connectivity index (χ1v) is 9.30. The van der Waals surface area contributed by atoms with Crippen molar-refractivity contribution >= 4 is 8.32 Å². The van der Waals surface area contributed by atoms with E-state index in [0.29, 0.717) is 17.7 Å². The molecule has 0 saturated heterocycles. The first-order valence-electron chi connectivity index (χ1n) is 7.24. The molecule has 0 radical (unpaired) electrons. The van der Waals surface area contributed by atoms with Gasteiger partial charge in [-0.15, -0.1) is 12.0 Å². The average molecular weight is 280 g/mol. The molecule has 0 saturated carbocycles. The third kappa shape index (κ3) is 5.41. The fraction of sp³-hybridized carbons (Fsp3) is 0.750. The van der Waals surface area contributed by atoms with E-state index in [-0.39, 0.29) is 0 Å². The predicted molar refractivity (Wildman–Crippen MR) is 86.3 cm³/mol. The second-order valence-corrected chi connectivity index (χ2v) is 9.82. The van der Waals surface area contributed by atoms with Gasteiger partial charge in [0, 0.05) is 0 Å². The van der Waals surface area contributed by atoms with E-state index in [9.17, 15) is 0 Å². The molecule has 0 unspecified atom stereocenters. The van der Waals surface area contributed by atoms with Crippen LogP contribution in [-0.4, -0.2) is 39.5 Å². The first-order chi connectivity index (χ1) is 8.94. The van der Waals surface area contributed by atoms with E-state index in [1.807, 2.05) is 0 Å². The van der Waals surface area contributed by atoms with Crippen molar-refractivity contribution in [2.75, 3.05) is 26.2 Å². The van der Waals surface area contributed by atoms with Crippen LogP contribution in [0.5, 0.6) is 0 Å². The summed E-state index contributed by atoms with van der Waals surface area (Å²) < 4.78 is 6.06. The number of nitrogens with zero attached hydrogens (tertiary/aromatic N) is 1. The lowest BCUT2D eigenvalue weighted by atomic mass is 10.4. The van der Waals surface area contributed by atoms with E-state index in [2.05, 4.69) is 63.8 Å². The topological polar surface area (TPSA) is 12.5 Å². The highest BCUT2D eigenvalue weighted by Gasteiger charge is 2.40. The molecule has 0 heterocycles. The van der Waals surface area contributed by atoms with Crippen molar-refractivity contribution in [3.63, 3.8) is 0 Å². The maximum atomic E-state index is 6.06. The van der Waals surface area contributed by atoms with Crippen LogP contribution in [0, 0.1) is 23.8 Å². The maximum absolute atomic E-state index is 6.06. The Morgan fingerprint density at radius 1 is 1.05 bits per heavy atom. The molecule has 0 N–H and O–H groups in total. The number of rotatable bonds is 7. The van der Waals surface area contributed by atoms with Gasteiger partial charge in [0.1, 0.15) is 0 Å². The average Bonchev–Trinajstić information content (AvgIpc) is 2.37. The monoisotopic (exact) mass is 279 g/mol. The second-order valence-electron chi connectivity index (χ2n) is 5.35. The second kappa shape index (κ2) is 9.21. The molecular formula is C16H29NOSi. The van der Waals surface area contributed by atoms with E-state index in [0.717, 1.165) is 19.6 Å². The van der Waals surface area contributed by atoms with E-state index < -0.39 is 8.32 Å². The van der Waals surface area contributed by atoms with Crippen molar-refractivity contribution in [1.29, 1.82) is 0 Å². The molecule has 19 heavy (non-hydrogen) atoms. The summed E-state index contributed by atoms with van der Waals surface area (Å²) in [6.07, 6.45) is 5.75. The Balaban J connectivity index is 4.45. The van der Waals surface area contributed by atoms with Crippen LogP contribution in [0.25, 0.3) is 0 Å². The summed E-state index contributed by atoms with van der Waals surface area (Å²) in [6, 6.07) is 0. The summed E-state index contributed by atoms with van der Waals surface area (Å²) in [5.74, 6) is 6.28. The van der Waals surface area contributed by atoms with Crippen LogP contribution < -0.4 is 0 Å². The molecule has 0 spiro atoms. The zero-order chi connectivity index (χ0) is 14.9. The van der Waals surface area contributed by atoms with E-state index in [1.54, 1.807) is 0 Å². The smallest absolute Gasteiger partial charge is 0.277 e. The largest absolute Gasteiger partial charge is 0.394 e. The van der Waals surface area contributed by atoms with Crippen molar-refractivity contribution in [1.82, 2.24) is 4.90 Å². The maximum Gasteiger partial charge on any atom is 0.277 e. The molecule has 0 atom stereocenters. The van der Waals surface area contributed by atoms with Crippen molar-refractivity contribution in [2.45, 2.75) is 52.6 Å². The zero-order valence-corrected chi connectivity index (χ0v) is 14.4. The number of hydrogen-bond acceptors (Lipinski definition) is 2.